The van der Waals surface area contributed by atoms with Crippen LogP contribution in [0.2, 0.25) is 0 Å². The molecule has 1 aromatic carbocycles. The summed E-state index contributed by atoms with van der Waals surface area (Å²) in [4.78, 5) is 39.2. The highest BCUT2D eigenvalue weighted by Gasteiger charge is 2.24. The Morgan fingerprint density at radius 1 is 1.18 bits per heavy atom. The number of benzene rings is 1. The van der Waals surface area contributed by atoms with E-state index in [0.717, 1.165) is 30.5 Å². The lowest BCUT2D eigenvalue weighted by atomic mass is 10.0. The zero-order valence-electron chi connectivity index (χ0n) is 16.2. The van der Waals surface area contributed by atoms with E-state index < -0.39 is 11.8 Å². The van der Waals surface area contributed by atoms with Crippen LogP contribution in [0.5, 0.6) is 0 Å². The third-order valence-corrected chi connectivity index (χ3v) is 5.50. The monoisotopic (exact) mass is 399 g/mol. The Morgan fingerprint density at radius 3 is 2.71 bits per heavy atom. The van der Waals surface area contributed by atoms with E-state index in [9.17, 15) is 14.4 Å². The van der Waals surface area contributed by atoms with Gasteiger partial charge in [0.25, 0.3) is 5.91 Å². The van der Waals surface area contributed by atoms with Crippen molar-refractivity contribution in [1.82, 2.24) is 5.32 Å². The Hall–Kier alpha value is -2.67. The minimum atomic E-state index is -0.675. The molecule has 0 bridgehead atoms. The SMILES string of the molecule is CC(C)CCNC(=O)C(=O)Nc1ccc2c(c1)CCCN2C(=O)c1cccs1. The molecule has 0 saturated heterocycles. The van der Waals surface area contributed by atoms with Gasteiger partial charge in [-0.3, -0.25) is 14.4 Å². The van der Waals surface area contributed by atoms with Crippen molar-refractivity contribution in [3.05, 3.63) is 46.2 Å². The molecule has 148 valence electrons. The van der Waals surface area contributed by atoms with E-state index in [1.165, 1.54) is 11.3 Å². The van der Waals surface area contributed by atoms with Gasteiger partial charge in [0.1, 0.15) is 0 Å². The van der Waals surface area contributed by atoms with Crippen molar-refractivity contribution in [1.29, 1.82) is 0 Å². The Balaban J connectivity index is 1.67. The number of hydrogen-bond acceptors (Lipinski definition) is 4. The van der Waals surface area contributed by atoms with Crippen LogP contribution in [0.1, 0.15) is 41.9 Å². The largest absolute Gasteiger partial charge is 0.348 e. The van der Waals surface area contributed by atoms with E-state index in [1.54, 1.807) is 11.0 Å². The van der Waals surface area contributed by atoms with Crippen LogP contribution in [0.3, 0.4) is 0 Å². The van der Waals surface area contributed by atoms with Crippen LogP contribution in [0.15, 0.2) is 35.7 Å². The van der Waals surface area contributed by atoms with Crippen molar-refractivity contribution in [2.24, 2.45) is 5.92 Å². The molecule has 28 heavy (non-hydrogen) atoms. The fourth-order valence-electron chi connectivity index (χ4n) is 3.16. The van der Waals surface area contributed by atoms with Crippen LogP contribution >= 0.6 is 11.3 Å². The molecule has 0 spiro atoms. The third-order valence-electron chi connectivity index (χ3n) is 4.65. The van der Waals surface area contributed by atoms with Gasteiger partial charge in [-0.05, 0) is 60.4 Å². The van der Waals surface area contributed by atoms with Crippen LogP contribution < -0.4 is 15.5 Å². The van der Waals surface area contributed by atoms with Crippen LogP contribution in [0, 0.1) is 5.92 Å². The molecule has 0 saturated carbocycles. The van der Waals surface area contributed by atoms with E-state index >= 15 is 0 Å². The number of hydrogen-bond donors (Lipinski definition) is 2. The van der Waals surface area contributed by atoms with Crippen LogP contribution in [-0.4, -0.2) is 30.8 Å². The van der Waals surface area contributed by atoms with Gasteiger partial charge in [0.2, 0.25) is 0 Å². The highest BCUT2D eigenvalue weighted by atomic mass is 32.1. The first kappa shape index (κ1) is 20.1. The summed E-state index contributed by atoms with van der Waals surface area (Å²) in [6, 6.07) is 9.12. The number of fused-ring (bicyclic) bond motifs is 1. The minimum Gasteiger partial charge on any atom is -0.348 e. The van der Waals surface area contributed by atoms with E-state index in [0.29, 0.717) is 29.6 Å². The van der Waals surface area contributed by atoms with Crippen molar-refractivity contribution in [3.8, 4) is 0 Å². The molecule has 0 atom stereocenters. The molecular weight excluding hydrogens is 374 g/mol. The Bertz CT molecular complexity index is 862. The molecule has 7 heteroatoms. The molecule has 2 aromatic rings. The van der Waals surface area contributed by atoms with Gasteiger partial charge < -0.3 is 15.5 Å². The van der Waals surface area contributed by atoms with Gasteiger partial charge in [0, 0.05) is 24.5 Å². The minimum absolute atomic E-state index is 0.00253. The first-order valence-electron chi connectivity index (χ1n) is 9.53. The first-order chi connectivity index (χ1) is 13.5. The number of anilines is 2. The molecule has 0 fully saturated rings. The second-order valence-corrected chi connectivity index (χ2v) is 8.22. The lowest BCUT2D eigenvalue weighted by Gasteiger charge is -2.29. The van der Waals surface area contributed by atoms with Crippen molar-refractivity contribution < 1.29 is 14.4 Å². The summed E-state index contributed by atoms with van der Waals surface area (Å²) in [6.45, 7) is 5.28. The van der Waals surface area contributed by atoms with Gasteiger partial charge in [0.15, 0.2) is 0 Å². The standard InChI is InChI=1S/C21H25N3O3S/c1-14(2)9-10-22-19(25)20(26)23-16-7-8-17-15(13-16)5-3-11-24(17)21(27)18-6-4-12-28-18/h4,6-8,12-14H,3,5,9-11H2,1-2H3,(H,22,25)(H,23,26). The maximum atomic E-state index is 12.7. The lowest BCUT2D eigenvalue weighted by molar-refractivity contribution is -0.136. The van der Waals surface area contributed by atoms with Crippen molar-refractivity contribution in [3.63, 3.8) is 0 Å². The second-order valence-electron chi connectivity index (χ2n) is 7.27. The molecule has 1 aliphatic heterocycles. The fourth-order valence-corrected chi connectivity index (χ4v) is 3.83. The number of carbonyl (C=O) groups is 3. The van der Waals surface area contributed by atoms with E-state index in [1.807, 2.05) is 29.6 Å². The third kappa shape index (κ3) is 4.78. The summed E-state index contributed by atoms with van der Waals surface area (Å²) in [5.41, 5.74) is 2.42. The van der Waals surface area contributed by atoms with Gasteiger partial charge >= 0.3 is 11.8 Å². The highest BCUT2D eigenvalue weighted by Crippen LogP contribution is 2.31. The van der Waals surface area contributed by atoms with Gasteiger partial charge in [-0.25, -0.2) is 0 Å². The smallest absolute Gasteiger partial charge is 0.313 e. The van der Waals surface area contributed by atoms with Crippen molar-refractivity contribution in [2.45, 2.75) is 33.1 Å². The molecule has 3 amide bonds. The number of rotatable bonds is 5. The van der Waals surface area contributed by atoms with E-state index in [-0.39, 0.29) is 5.91 Å². The Morgan fingerprint density at radius 2 is 2.00 bits per heavy atom. The zero-order chi connectivity index (χ0) is 20.1. The number of nitrogens with zero attached hydrogens (tertiary/aromatic N) is 1. The maximum absolute atomic E-state index is 12.7. The second kappa shape index (κ2) is 9.01. The van der Waals surface area contributed by atoms with E-state index in [4.69, 9.17) is 0 Å². The summed E-state index contributed by atoms with van der Waals surface area (Å²) in [7, 11) is 0. The maximum Gasteiger partial charge on any atom is 0.313 e. The summed E-state index contributed by atoms with van der Waals surface area (Å²) in [5, 5.41) is 7.17. The van der Waals surface area contributed by atoms with Crippen molar-refractivity contribution in [2.75, 3.05) is 23.3 Å². The average Bonchev–Trinajstić information content (AvgIpc) is 3.21. The first-order valence-corrected chi connectivity index (χ1v) is 10.4. The summed E-state index contributed by atoms with van der Waals surface area (Å²) in [5.74, 6) is -0.847. The highest BCUT2D eigenvalue weighted by molar-refractivity contribution is 7.12. The fraction of sp³-hybridized carbons (Fsp3) is 0.381. The number of carbonyl (C=O) groups excluding carboxylic acids is 3. The molecule has 0 unspecified atom stereocenters. The van der Waals surface area contributed by atoms with Gasteiger partial charge in [0.05, 0.1) is 4.88 Å². The average molecular weight is 400 g/mol. The summed E-state index contributed by atoms with van der Waals surface area (Å²) < 4.78 is 0. The van der Waals surface area contributed by atoms with Crippen LogP contribution in [-0.2, 0) is 16.0 Å². The molecule has 6 nitrogen and oxygen atoms in total. The topological polar surface area (TPSA) is 78.5 Å². The molecule has 1 aliphatic rings. The lowest BCUT2D eigenvalue weighted by Crippen LogP contribution is -2.36. The Labute approximate surface area is 168 Å². The van der Waals surface area contributed by atoms with E-state index in [2.05, 4.69) is 24.5 Å². The molecule has 2 N–H and O–H groups in total. The number of aryl methyl sites for hydroxylation is 1. The predicted octanol–water partition coefficient (Wildman–Crippen LogP) is 3.44. The number of nitrogens with one attached hydrogen (secondary N) is 2. The number of thiophene rings is 1. The molecule has 0 radical (unpaired) electrons. The molecular formula is C21H25N3O3S. The van der Waals surface area contributed by atoms with Gasteiger partial charge in [-0.1, -0.05) is 19.9 Å². The van der Waals surface area contributed by atoms with Gasteiger partial charge in [-0.2, -0.15) is 0 Å². The van der Waals surface area contributed by atoms with Crippen LogP contribution in [0.25, 0.3) is 0 Å². The quantitative estimate of drug-likeness (QED) is 0.756. The zero-order valence-corrected chi connectivity index (χ0v) is 17.0. The van der Waals surface area contributed by atoms with Crippen LogP contribution in [0.4, 0.5) is 11.4 Å². The number of amides is 3. The normalized spacial score (nSPS) is 13.2. The van der Waals surface area contributed by atoms with Crippen molar-refractivity contribution >= 4 is 40.4 Å². The predicted molar refractivity (Wildman–Crippen MR) is 112 cm³/mol. The summed E-state index contributed by atoms with van der Waals surface area (Å²) >= 11 is 1.43. The molecule has 3 rings (SSSR count). The molecule has 1 aromatic heterocycles. The molecule has 0 aliphatic carbocycles. The summed E-state index contributed by atoms with van der Waals surface area (Å²) in [6.07, 6.45) is 2.51. The Kier molecular flexibility index (Phi) is 6.46. The van der Waals surface area contributed by atoms with Gasteiger partial charge in [-0.15, -0.1) is 11.3 Å². The molecule has 2 heterocycles.